The maximum absolute atomic E-state index is 10.6. The van der Waals surface area contributed by atoms with Gasteiger partial charge in [0.2, 0.25) is 0 Å². The van der Waals surface area contributed by atoms with Crippen LogP contribution in [0.5, 0.6) is 0 Å². The van der Waals surface area contributed by atoms with E-state index >= 15 is 0 Å². The minimum absolute atomic E-state index is 0.398. The zero-order valence-electron chi connectivity index (χ0n) is 5.53. The second-order valence-corrected chi connectivity index (χ2v) is 2.07. The predicted molar refractivity (Wildman–Crippen MR) is 34.9 cm³/mol. The molecule has 0 fully saturated rings. The van der Waals surface area contributed by atoms with Gasteiger partial charge < -0.3 is 5.21 Å². The molecule has 0 amide bonds. The molecule has 0 bridgehead atoms. The van der Waals surface area contributed by atoms with E-state index in [0.717, 1.165) is 5.56 Å². The fraction of sp³-hybridized carbons (Fsp3) is 0.143. The Hall–Kier alpha value is -1.56. The number of pyridine rings is 1. The number of hydrogen-bond acceptors (Lipinski definition) is 2. The molecule has 1 aromatic heterocycles. The molecule has 0 saturated heterocycles. The van der Waals surface area contributed by atoms with E-state index in [1.54, 1.807) is 13.0 Å². The van der Waals surface area contributed by atoms with Crippen LogP contribution in [0, 0.1) is 23.5 Å². The third-order valence-electron chi connectivity index (χ3n) is 1.11. The molecule has 0 aliphatic heterocycles. The highest BCUT2D eigenvalue weighted by molar-refractivity contribution is 5.26. The molecule has 0 spiro atoms. The second kappa shape index (κ2) is 2.36. The summed E-state index contributed by atoms with van der Waals surface area (Å²) < 4.78 is 0.633. The first-order chi connectivity index (χ1) is 4.72. The van der Waals surface area contributed by atoms with Gasteiger partial charge in [0.05, 0.1) is 0 Å². The molecule has 0 aliphatic rings. The van der Waals surface area contributed by atoms with Crippen molar-refractivity contribution in [1.82, 2.24) is 0 Å². The second-order valence-electron chi connectivity index (χ2n) is 2.07. The molecule has 3 heteroatoms. The molecular formula is C7H6N2O. The summed E-state index contributed by atoms with van der Waals surface area (Å²) in [5.74, 6) is 0. The Morgan fingerprint density at radius 3 is 2.80 bits per heavy atom. The quantitative estimate of drug-likeness (QED) is 0.383. The lowest BCUT2D eigenvalue weighted by atomic mass is 10.2. The van der Waals surface area contributed by atoms with Gasteiger partial charge in [-0.25, -0.2) is 0 Å². The van der Waals surface area contributed by atoms with Gasteiger partial charge in [0, 0.05) is 5.56 Å². The molecule has 1 heterocycles. The average molecular weight is 134 g/mol. The normalized spacial score (nSPS) is 8.80. The molecule has 0 unspecified atom stereocenters. The lowest BCUT2D eigenvalue weighted by molar-refractivity contribution is -0.605. The van der Waals surface area contributed by atoms with Gasteiger partial charge in [-0.15, -0.1) is 0 Å². The highest BCUT2D eigenvalue weighted by atomic mass is 16.5. The van der Waals surface area contributed by atoms with Crippen molar-refractivity contribution in [2.45, 2.75) is 6.92 Å². The number of nitrogens with zero attached hydrogens (tertiary/aromatic N) is 2. The van der Waals surface area contributed by atoms with Gasteiger partial charge in [0.15, 0.2) is 12.4 Å². The van der Waals surface area contributed by atoms with Crippen LogP contribution in [0.2, 0.25) is 0 Å². The van der Waals surface area contributed by atoms with E-state index < -0.39 is 0 Å². The molecule has 0 atom stereocenters. The van der Waals surface area contributed by atoms with Crippen molar-refractivity contribution < 1.29 is 4.73 Å². The number of hydrogen-bond donors (Lipinski definition) is 0. The third kappa shape index (κ3) is 1.23. The van der Waals surface area contributed by atoms with Crippen LogP contribution >= 0.6 is 0 Å². The maximum Gasteiger partial charge on any atom is 0.198 e. The van der Waals surface area contributed by atoms with Gasteiger partial charge in [-0.05, 0) is 13.0 Å². The molecular weight excluding hydrogens is 128 g/mol. The Kier molecular flexibility index (Phi) is 1.55. The van der Waals surface area contributed by atoms with Gasteiger partial charge in [0.1, 0.15) is 11.6 Å². The van der Waals surface area contributed by atoms with Crippen LogP contribution in [-0.4, -0.2) is 0 Å². The van der Waals surface area contributed by atoms with Crippen molar-refractivity contribution in [2.24, 2.45) is 0 Å². The smallest absolute Gasteiger partial charge is 0.198 e. The number of rotatable bonds is 0. The monoisotopic (exact) mass is 134 g/mol. The molecule has 0 saturated carbocycles. The number of nitriles is 1. The molecule has 50 valence electrons. The zero-order valence-corrected chi connectivity index (χ0v) is 5.53. The topological polar surface area (TPSA) is 50.7 Å². The third-order valence-corrected chi connectivity index (χ3v) is 1.11. The first-order valence-electron chi connectivity index (χ1n) is 2.83. The summed E-state index contributed by atoms with van der Waals surface area (Å²) in [6, 6.07) is 3.55. The first kappa shape index (κ1) is 6.56. The molecule has 0 aliphatic carbocycles. The molecule has 1 rings (SSSR count). The zero-order chi connectivity index (χ0) is 7.56. The minimum Gasteiger partial charge on any atom is -0.619 e. The van der Waals surface area contributed by atoms with Crippen molar-refractivity contribution in [1.29, 1.82) is 5.26 Å². The lowest BCUT2D eigenvalue weighted by Gasteiger charge is -1.95. The fourth-order valence-electron chi connectivity index (χ4n) is 0.756. The standard InChI is InChI=1S/C7H6N2O/c1-6-2-7(3-8)5-9(10)4-6/h2,4-5H,1H3. The van der Waals surface area contributed by atoms with E-state index in [2.05, 4.69) is 0 Å². The SMILES string of the molecule is Cc1cc(C#N)c[n+]([O-])c1. The summed E-state index contributed by atoms with van der Waals surface area (Å²) in [5, 5.41) is 19.0. The van der Waals surface area contributed by atoms with E-state index in [1.807, 2.05) is 6.07 Å². The average Bonchev–Trinajstić information content (AvgIpc) is 1.85. The van der Waals surface area contributed by atoms with E-state index in [1.165, 1.54) is 12.4 Å². The summed E-state index contributed by atoms with van der Waals surface area (Å²) in [5.41, 5.74) is 1.20. The van der Waals surface area contributed by atoms with Gasteiger partial charge in [-0.2, -0.15) is 9.99 Å². The van der Waals surface area contributed by atoms with Crippen molar-refractivity contribution in [3.8, 4) is 6.07 Å². The van der Waals surface area contributed by atoms with Gasteiger partial charge in [-0.1, -0.05) is 0 Å². The Balaban J connectivity index is 3.22. The maximum atomic E-state index is 10.6. The molecule has 10 heavy (non-hydrogen) atoms. The summed E-state index contributed by atoms with van der Waals surface area (Å²) in [6.45, 7) is 1.77. The van der Waals surface area contributed by atoms with Crippen molar-refractivity contribution >= 4 is 0 Å². The predicted octanol–water partition coefficient (Wildman–Crippen LogP) is 0.500. The van der Waals surface area contributed by atoms with Crippen LogP contribution in [0.1, 0.15) is 11.1 Å². The van der Waals surface area contributed by atoms with Crippen molar-refractivity contribution in [3.05, 3.63) is 34.8 Å². The van der Waals surface area contributed by atoms with Crippen LogP contribution in [0.3, 0.4) is 0 Å². The summed E-state index contributed by atoms with van der Waals surface area (Å²) in [6.07, 6.45) is 2.66. The largest absolute Gasteiger partial charge is 0.619 e. The van der Waals surface area contributed by atoms with Crippen LogP contribution in [-0.2, 0) is 0 Å². The lowest BCUT2D eigenvalue weighted by Crippen LogP contribution is -2.25. The highest BCUT2D eigenvalue weighted by Crippen LogP contribution is 1.96. The Labute approximate surface area is 58.7 Å². The van der Waals surface area contributed by atoms with E-state index in [0.29, 0.717) is 10.3 Å². The van der Waals surface area contributed by atoms with Gasteiger partial charge in [-0.3, -0.25) is 0 Å². The molecule has 1 aromatic rings. The molecule has 0 radical (unpaired) electrons. The van der Waals surface area contributed by atoms with Crippen LogP contribution in [0.25, 0.3) is 0 Å². The van der Waals surface area contributed by atoms with Crippen LogP contribution < -0.4 is 4.73 Å². The van der Waals surface area contributed by atoms with Crippen LogP contribution in [0.15, 0.2) is 18.5 Å². The molecule has 0 N–H and O–H groups in total. The number of aryl methyl sites for hydroxylation is 1. The van der Waals surface area contributed by atoms with Gasteiger partial charge in [0.25, 0.3) is 0 Å². The fourth-order valence-corrected chi connectivity index (χ4v) is 0.756. The Morgan fingerprint density at radius 1 is 1.60 bits per heavy atom. The Morgan fingerprint density at radius 2 is 2.30 bits per heavy atom. The summed E-state index contributed by atoms with van der Waals surface area (Å²) in [4.78, 5) is 0. The highest BCUT2D eigenvalue weighted by Gasteiger charge is 1.96. The van der Waals surface area contributed by atoms with E-state index in [-0.39, 0.29) is 0 Å². The summed E-state index contributed by atoms with van der Waals surface area (Å²) in [7, 11) is 0. The first-order valence-corrected chi connectivity index (χ1v) is 2.83. The van der Waals surface area contributed by atoms with Crippen LogP contribution in [0.4, 0.5) is 0 Å². The Bertz CT molecular complexity index is 268. The van der Waals surface area contributed by atoms with Crippen molar-refractivity contribution in [2.75, 3.05) is 0 Å². The summed E-state index contributed by atoms with van der Waals surface area (Å²) >= 11 is 0. The van der Waals surface area contributed by atoms with E-state index in [4.69, 9.17) is 5.26 Å². The minimum atomic E-state index is 0.398. The number of aromatic nitrogens is 1. The van der Waals surface area contributed by atoms with Gasteiger partial charge >= 0.3 is 0 Å². The van der Waals surface area contributed by atoms with E-state index in [9.17, 15) is 5.21 Å². The molecule has 3 nitrogen and oxygen atoms in total. The molecule has 0 aromatic carbocycles. The van der Waals surface area contributed by atoms with Crippen molar-refractivity contribution in [3.63, 3.8) is 0 Å².